The van der Waals surface area contributed by atoms with Gasteiger partial charge in [-0.3, -0.25) is 9.80 Å². The molecule has 2 bridgehead atoms. The maximum atomic E-state index is 6.60. The van der Waals surface area contributed by atoms with E-state index in [4.69, 9.17) is 14.2 Å². The summed E-state index contributed by atoms with van der Waals surface area (Å²) in [4.78, 5) is 4.99. The number of hydrogen-bond donors (Lipinski definition) is 0. The lowest BCUT2D eigenvalue weighted by atomic mass is 10.1. The van der Waals surface area contributed by atoms with Crippen molar-refractivity contribution < 1.29 is 14.2 Å². The van der Waals surface area contributed by atoms with Gasteiger partial charge in [0.25, 0.3) is 0 Å². The zero-order chi connectivity index (χ0) is 25.1. The topological polar surface area (TPSA) is 34.2 Å². The molecular formula is C30H54N2O3. The Labute approximate surface area is 216 Å². The fourth-order valence-electron chi connectivity index (χ4n) is 4.88. The predicted octanol–water partition coefficient (Wildman–Crippen LogP) is 7.49. The fourth-order valence-corrected chi connectivity index (χ4v) is 4.88. The Morgan fingerprint density at radius 3 is 1.60 bits per heavy atom. The highest BCUT2D eigenvalue weighted by atomic mass is 16.5. The Bertz CT molecular complexity index is 593. The Kier molecular flexibility index (Phi) is 16.2. The van der Waals surface area contributed by atoms with Gasteiger partial charge in [0, 0.05) is 45.2 Å². The molecule has 0 fully saturated rings. The van der Waals surface area contributed by atoms with Gasteiger partial charge in [-0.2, -0.15) is 0 Å². The number of fused-ring (bicyclic) bond motifs is 2. The molecule has 0 saturated carbocycles. The lowest BCUT2D eigenvalue weighted by molar-refractivity contribution is 0.000351. The van der Waals surface area contributed by atoms with Crippen LogP contribution in [0.25, 0.3) is 0 Å². The average molecular weight is 491 g/mol. The summed E-state index contributed by atoms with van der Waals surface area (Å²) in [6.07, 6.45) is 14.4. The van der Waals surface area contributed by atoms with Gasteiger partial charge in [-0.1, -0.05) is 72.3 Å². The molecule has 1 aromatic rings. The van der Waals surface area contributed by atoms with Crippen LogP contribution in [0.1, 0.15) is 105 Å². The van der Waals surface area contributed by atoms with Crippen LogP contribution in [0.4, 0.5) is 0 Å². The van der Waals surface area contributed by atoms with Crippen molar-refractivity contribution in [2.45, 2.75) is 117 Å². The highest BCUT2D eigenvalue weighted by molar-refractivity contribution is 5.33. The van der Waals surface area contributed by atoms with Crippen molar-refractivity contribution in [3.8, 4) is 11.5 Å². The quantitative estimate of drug-likeness (QED) is 0.252. The van der Waals surface area contributed by atoms with Crippen LogP contribution < -0.4 is 9.47 Å². The van der Waals surface area contributed by atoms with E-state index in [1.807, 2.05) is 0 Å². The molecule has 202 valence electrons. The molecule has 2 rings (SSSR count). The van der Waals surface area contributed by atoms with Crippen molar-refractivity contribution in [2.75, 3.05) is 39.4 Å². The van der Waals surface area contributed by atoms with Gasteiger partial charge >= 0.3 is 0 Å². The number of nitrogens with zero attached hydrogens (tertiary/aromatic N) is 2. The first-order chi connectivity index (χ1) is 17.2. The van der Waals surface area contributed by atoms with Gasteiger partial charge in [0.05, 0.1) is 0 Å². The van der Waals surface area contributed by atoms with E-state index < -0.39 is 0 Å². The van der Waals surface area contributed by atoms with Gasteiger partial charge in [-0.05, 0) is 50.9 Å². The molecule has 1 aliphatic heterocycles. The molecule has 0 aromatic heterocycles. The molecule has 1 heterocycles. The molecular weight excluding hydrogens is 436 g/mol. The molecule has 2 unspecified atom stereocenters. The molecule has 0 spiro atoms. The third-order valence-corrected chi connectivity index (χ3v) is 7.05. The summed E-state index contributed by atoms with van der Waals surface area (Å²) in [5.41, 5.74) is 0. The molecule has 1 aliphatic rings. The van der Waals surface area contributed by atoms with E-state index in [1.54, 1.807) is 0 Å². The molecule has 0 N–H and O–H groups in total. The van der Waals surface area contributed by atoms with Gasteiger partial charge in [0.1, 0.15) is 11.5 Å². The van der Waals surface area contributed by atoms with Crippen LogP contribution in [0, 0.1) is 0 Å². The van der Waals surface area contributed by atoms with Crippen molar-refractivity contribution in [3.63, 3.8) is 0 Å². The van der Waals surface area contributed by atoms with Crippen molar-refractivity contribution >= 4 is 0 Å². The number of unbranched alkanes of at least 4 members (excludes halogenated alkanes) is 6. The first kappa shape index (κ1) is 29.9. The minimum Gasteiger partial charge on any atom is -0.475 e. The smallest absolute Gasteiger partial charge is 0.152 e. The van der Waals surface area contributed by atoms with Crippen LogP contribution in [0.5, 0.6) is 11.5 Å². The molecule has 0 saturated heterocycles. The Morgan fingerprint density at radius 1 is 0.686 bits per heavy atom. The standard InChI is InChI=1S/C30H54N2O3/c1-5-9-11-13-22-31(7-3)29-20-16-24-33-25-17-21-30(32(8-4)23-14-12-10-6-2)35-28-19-15-18-27(26-28)34-29/h15,18-19,26,29-30H,5-14,16-17,20-25H2,1-4H3. The third-order valence-electron chi connectivity index (χ3n) is 7.05. The molecule has 0 radical (unpaired) electrons. The monoisotopic (exact) mass is 490 g/mol. The Balaban J connectivity index is 2.11. The van der Waals surface area contributed by atoms with Crippen LogP contribution in [0.2, 0.25) is 0 Å². The molecule has 1 aromatic carbocycles. The second kappa shape index (κ2) is 18.9. The zero-order valence-electron chi connectivity index (χ0n) is 23.3. The van der Waals surface area contributed by atoms with E-state index in [1.165, 1.54) is 51.4 Å². The molecule has 0 amide bonds. The van der Waals surface area contributed by atoms with E-state index >= 15 is 0 Å². The number of ether oxygens (including phenoxy) is 3. The average Bonchev–Trinajstić information content (AvgIpc) is 2.87. The number of hydrogen-bond acceptors (Lipinski definition) is 5. The Hall–Kier alpha value is -1.30. The second-order valence-corrected chi connectivity index (χ2v) is 9.90. The molecule has 5 nitrogen and oxygen atoms in total. The second-order valence-electron chi connectivity index (χ2n) is 9.90. The van der Waals surface area contributed by atoms with Crippen LogP contribution in [-0.4, -0.2) is 61.6 Å². The predicted molar refractivity (Wildman–Crippen MR) is 147 cm³/mol. The van der Waals surface area contributed by atoms with Crippen LogP contribution >= 0.6 is 0 Å². The summed E-state index contributed by atoms with van der Waals surface area (Å²) in [6.45, 7) is 14.8. The summed E-state index contributed by atoms with van der Waals surface area (Å²) < 4.78 is 19.2. The van der Waals surface area contributed by atoms with E-state index in [0.717, 1.165) is 76.6 Å². The normalized spacial score (nSPS) is 19.8. The van der Waals surface area contributed by atoms with Crippen LogP contribution in [-0.2, 0) is 4.74 Å². The lowest BCUT2D eigenvalue weighted by Gasteiger charge is -2.33. The van der Waals surface area contributed by atoms with Crippen LogP contribution in [0.15, 0.2) is 24.3 Å². The highest BCUT2D eigenvalue weighted by Gasteiger charge is 2.21. The van der Waals surface area contributed by atoms with Crippen molar-refractivity contribution in [3.05, 3.63) is 24.3 Å². The van der Waals surface area contributed by atoms with E-state index in [2.05, 4.69) is 61.8 Å². The van der Waals surface area contributed by atoms with Crippen LogP contribution in [0.3, 0.4) is 0 Å². The van der Waals surface area contributed by atoms with Crippen molar-refractivity contribution in [2.24, 2.45) is 0 Å². The zero-order valence-corrected chi connectivity index (χ0v) is 23.3. The van der Waals surface area contributed by atoms with Crippen molar-refractivity contribution in [1.82, 2.24) is 9.80 Å². The van der Waals surface area contributed by atoms with Gasteiger partial charge in [0.15, 0.2) is 12.5 Å². The molecule has 2 atom stereocenters. The lowest BCUT2D eigenvalue weighted by Crippen LogP contribution is -2.41. The van der Waals surface area contributed by atoms with Gasteiger partial charge < -0.3 is 14.2 Å². The summed E-state index contributed by atoms with van der Waals surface area (Å²) in [5.74, 6) is 1.81. The first-order valence-corrected chi connectivity index (χ1v) is 14.7. The summed E-state index contributed by atoms with van der Waals surface area (Å²) >= 11 is 0. The number of rotatable bonds is 14. The van der Waals surface area contributed by atoms with Crippen molar-refractivity contribution in [1.29, 1.82) is 0 Å². The maximum absolute atomic E-state index is 6.60. The van der Waals surface area contributed by atoms with Gasteiger partial charge in [-0.25, -0.2) is 0 Å². The Morgan fingerprint density at radius 2 is 1.17 bits per heavy atom. The molecule has 0 aliphatic carbocycles. The fraction of sp³-hybridized carbons (Fsp3) is 0.800. The summed E-state index contributed by atoms with van der Waals surface area (Å²) in [5, 5.41) is 0. The van der Waals surface area contributed by atoms with E-state index in [0.29, 0.717) is 0 Å². The van der Waals surface area contributed by atoms with Gasteiger partial charge in [0.2, 0.25) is 0 Å². The highest BCUT2D eigenvalue weighted by Crippen LogP contribution is 2.26. The van der Waals surface area contributed by atoms with E-state index in [-0.39, 0.29) is 12.5 Å². The first-order valence-electron chi connectivity index (χ1n) is 14.7. The SMILES string of the molecule is CCCCCCN(CC)C1CCCOCCCC(N(CC)CCCCCC)Oc2cccc(c2)O1. The largest absolute Gasteiger partial charge is 0.475 e. The summed E-state index contributed by atoms with van der Waals surface area (Å²) in [6, 6.07) is 8.32. The third kappa shape index (κ3) is 12.0. The van der Waals surface area contributed by atoms with E-state index in [9.17, 15) is 0 Å². The van der Waals surface area contributed by atoms with Gasteiger partial charge in [-0.15, -0.1) is 0 Å². The summed E-state index contributed by atoms with van der Waals surface area (Å²) in [7, 11) is 0. The minimum absolute atomic E-state index is 0.0740. The maximum Gasteiger partial charge on any atom is 0.152 e. The molecule has 5 heteroatoms. The number of benzene rings is 1. The minimum atomic E-state index is 0.0740. The molecule has 35 heavy (non-hydrogen) atoms.